The molecule has 7 heteroatoms. The monoisotopic (exact) mass is 363 g/mol. The Balaban J connectivity index is 1.67. The molecule has 2 aromatic carbocycles. The van der Waals surface area contributed by atoms with Crippen LogP contribution in [0.5, 0.6) is 0 Å². The maximum atomic E-state index is 12.0. The summed E-state index contributed by atoms with van der Waals surface area (Å²) in [6.45, 7) is 1.93. The van der Waals surface area contributed by atoms with E-state index < -0.39 is 22.4 Å². The first-order chi connectivity index (χ1) is 11.9. The lowest BCUT2D eigenvalue weighted by molar-refractivity contribution is 0.0443. The highest BCUT2D eigenvalue weighted by molar-refractivity contribution is 7.87. The van der Waals surface area contributed by atoms with Crippen molar-refractivity contribution in [1.29, 1.82) is 0 Å². The number of piperidine rings is 1. The van der Waals surface area contributed by atoms with E-state index in [1.807, 2.05) is 18.2 Å². The molecule has 0 amide bonds. The van der Waals surface area contributed by atoms with Crippen LogP contribution in [0.3, 0.4) is 0 Å². The van der Waals surface area contributed by atoms with Crippen LogP contribution < -0.4 is 4.72 Å². The Kier molecular flexibility index (Phi) is 5.41. The van der Waals surface area contributed by atoms with Gasteiger partial charge in [0.25, 0.3) is 10.2 Å². The van der Waals surface area contributed by atoms with E-state index in [1.165, 1.54) is 30.4 Å². The fourth-order valence-corrected chi connectivity index (χ4v) is 4.11. The van der Waals surface area contributed by atoms with Crippen LogP contribution >= 0.6 is 0 Å². The number of fused-ring (bicyclic) bond motifs is 1. The van der Waals surface area contributed by atoms with E-state index >= 15 is 0 Å². The predicted molar refractivity (Wildman–Crippen MR) is 99.4 cm³/mol. The zero-order valence-corrected chi connectivity index (χ0v) is 15.4. The zero-order chi connectivity index (χ0) is 18.0. The van der Waals surface area contributed by atoms with Gasteiger partial charge in [0, 0.05) is 33.7 Å². The van der Waals surface area contributed by atoms with Gasteiger partial charge in [-0.25, -0.2) is 0 Å². The average Bonchev–Trinajstić information content (AvgIpc) is 2.57. The van der Waals surface area contributed by atoms with Crippen LogP contribution in [0.25, 0.3) is 10.8 Å². The van der Waals surface area contributed by atoms with E-state index in [4.69, 9.17) is 0 Å². The molecule has 0 aliphatic carbocycles. The SMILES string of the molecule is CN(C)S(=O)(=O)N[C@@H]1CCN(Cc2cccc3ccccc23)C[C@H]1O. The van der Waals surface area contributed by atoms with Gasteiger partial charge >= 0.3 is 0 Å². The molecule has 2 atom stereocenters. The molecular formula is C18H25N3O3S. The molecule has 1 heterocycles. The third-order valence-corrected chi connectivity index (χ3v) is 6.28. The summed E-state index contributed by atoms with van der Waals surface area (Å²) in [6.07, 6.45) is -0.141. The Hall–Kier alpha value is -1.51. The lowest BCUT2D eigenvalue weighted by atomic mass is 10.0. The molecule has 1 fully saturated rings. The summed E-state index contributed by atoms with van der Waals surface area (Å²) in [6, 6.07) is 14.1. The first-order valence-electron chi connectivity index (χ1n) is 8.43. The number of β-amino-alcohol motifs (C(OH)–C–C–N with tert-alkyl or cyclic N) is 1. The summed E-state index contributed by atoms with van der Waals surface area (Å²) in [7, 11) is -0.578. The van der Waals surface area contributed by atoms with Crippen LogP contribution in [0.15, 0.2) is 42.5 Å². The van der Waals surface area contributed by atoms with Crippen molar-refractivity contribution in [1.82, 2.24) is 13.9 Å². The molecule has 0 bridgehead atoms. The molecule has 0 radical (unpaired) electrons. The van der Waals surface area contributed by atoms with Gasteiger partial charge in [-0.15, -0.1) is 0 Å². The van der Waals surface area contributed by atoms with Gasteiger partial charge in [0.15, 0.2) is 0 Å². The van der Waals surface area contributed by atoms with E-state index in [-0.39, 0.29) is 0 Å². The summed E-state index contributed by atoms with van der Waals surface area (Å²) >= 11 is 0. The van der Waals surface area contributed by atoms with Crippen molar-refractivity contribution in [3.63, 3.8) is 0 Å². The molecule has 0 aromatic heterocycles. The van der Waals surface area contributed by atoms with Crippen LogP contribution in [0.1, 0.15) is 12.0 Å². The highest BCUT2D eigenvalue weighted by Crippen LogP contribution is 2.22. The van der Waals surface area contributed by atoms with E-state index in [1.54, 1.807) is 0 Å². The lowest BCUT2D eigenvalue weighted by Crippen LogP contribution is -2.55. The Morgan fingerprint density at radius 1 is 1.20 bits per heavy atom. The van der Waals surface area contributed by atoms with E-state index in [0.717, 1.165) is 17.4 Å². The third-order valence-electron chi connectivity index (χ3n) is 4.72. The van der Waals surface area contributed by atoms with Gasteiger partial charge in [0.05, 0.1) is 12.1 Å². The fraction of sp³-hybridized carbons (Fsp3) is 0.444. The largest absolute Gasteiger partial charge is 0.390 e. The maximum Gasteiger partial charge on any atom is 0.279 e. The summed E-state index contributed by atoms with van der Waals surface area (Å²) in [5.74, 6) is 0. The standard InChI is InChI=1S/C18H25N3O3S/c1-20(2)25(23,24)19-17-10-11-21(13-18(17)22)12-15-8-5-7-14-6-3-4-9-16(14)15/h3-9,17-19,22H,10-13H2,1-2H3/t17-,18-/m1/s1. The van der Waals surface area contributed by atoms with Gasteiger partial charge in [-0.2, -0.15) is 17.4 Å². The summed E-state index contributed by atoms with van der Waals surface area (Å²) in [5.41, 5.74) is 1.22. The second kappa shape index (κ2) is 7.39. The number of aliphatic hydroxyl groups excluding tert-OH is 1. The summed E-state index contributed by atoms with van der Waals surface area (Å²) < 4.78 is 27.6. The number of hydrogen-bond acceptors (Lipinski definition) is 4. The van der Waals surface area contributed by atoms with E-state index in [0.29, 0.717) is 13.0 Å². The van der Waals surface area contributed by atoms with Crippen LogP contribution in [-0.4, -0.2) is 62.1 Å². The number of nitrogens with one attached hydrogen (secondary N) is 1. The molecule has 25 heavy (non-hydrogen) atoms. The zero-order valence-electron chi connectivity index (χ0n) is 14.6. The number of hydrogen-bond donors (Lipinski definition) is 2. The van der Waals surface area contributed by atoms with E-state index in [2.05, 4.69) is 33.9 Å². The van der Waals surface area contributed by atoms with Gasteiger partial charge in [0.1, 0.15) is 0 Å². The summed E-state index contributed by atoms with van der Waals surface area (Å²) in [5, 5.41) is 12.8. The van der Waals surface area contributed by atoms with Gasteiger partial charge in [-0.05, 0) is 22.8 Å². The van der Waals surface area contributed by atoms with Crippen LogP contribution in [0.4, 0.5) is 0 Å². The van der Waals surface area contributed by atoms with Gasteiger partial charge in [0.2, 0.25) is 0 Å². The predicted octanol–water partition coefficient (Wildman–Crippen LogP) is 1.17. The third kappa shape index (κ3) is 4.19. The van der Waals surface area contributed by atoms with Crippen LogP contribution in [0, 0.1) is 0 Å². The molecule has 2 N–H and O–H groups in total. The van der Waals surface area contributed by atoms with Crippen molar-refractivity contribution in [2.24, 2.45) is 0 Å². The molecule has 0 saturated carbocycles. The highest BCUT2D eigenvalue weighted by Gasteiger charge is 2.31. The maximum absolute atomic E-state index is 12.0. The minimum Gasteiger partial charge on any atom is -0.390 e. The quantitative estimate of drug-likeness (QED) is 0.836. The molecule has 1 aliphatic rings. The Labute approximate surface area is 149 Å². The Bertz CT molecular complexity index is 833. The van der Waals surface area contributed by atoms with Crippen molar-refractivity contribution < 1.29 is 13.5 Å². The molecule has 3 rings (SSSR count). The molecular weight excluding hydrogens is 338 g/mol. The number of nitrogens with zero attached hydrogens (tertiary/aromatic N) is 2. The second-order valence-electron chi connectivity index (χ2n) is 6.74. The number of aliphatic hydroxyl groups is 1. The highest BCUT2D eigenvalue weighted by atomic mass is 32.2. The Morgan fingerprint density at radius 3 is 2.64 bits per heavy atom. The van der Waals surface area contributed by atoms with E-state index in [9.17, 15) is 13.5 Å². The van der Waals surface area contributed by atoms with Gasteiger partial charge < -0.3 is 5.11 Å². The number of benzene rings is 2. The average molecular weight is 363 g/mol. The van der Waals surface area contributed by atoms with Gasteiger partial charge in [-0.1, -0.05) is 42.5 Å². The molecule has 1 saturated heterocycles. The molecule has 136 valence electrons. The number of rotatable bonds is 5. The minimum atomic E-state index is -3.53. The van der Waals surface area contributed by atoms with Crippen molar-refractivity contribution in [3.8, 4) is 0 Å². The van der Waals surface area contributed by atoms with Crippen molar-refractivity contribution in [2.45, 2.75) is 25.1 Å². The lowest BCUT2D eigenvalue weighted by Gasteiger charge is -2.36. The fourth-order valence-electron chi connectivity index (χ4n) is 3.25. The molecule has 0 spiro atoms. The normalized spacial score (nSPS) is 22.6. The van der Waals surface area contributed by atoms with Crippen LogP contribution in [0.2, 0.25) is 0 Å². The first kappa shape index (κ1) is 18.3. The van der Waals surface area contributed by atoms with Crippen molar-refractivity contribution >= 4 is 21.0 Å². The molecule has 6 nitrogen and oxygen atoms in total. The Morgan fingerprint density at radius 2 is 1.92 bits per heavy atom. The number of likely N-dealkylation sites (tertiary alicyclic amines) is 1. The van der Waals surface area contributed by atoms with Crippen LogP contribution in [-0.2, 0) is 16.8 Å². The molecule has 1 aliphatic heterocycles. The minimum absolute atomic E-state index is 0.448. The van der Waals surface area contributed by atoms with Gasteiger partial charge in [-0.3, -0.25) is 4.90 Å². The van der Waals surface area contributed by atoms with Crippen molar-refractivity contribution in [2.75, 3.05) is 27.2 Å². The first-order valence-corrected chi connectivity index (χ1v) is 9.87. The molecule has 0 unspecified atom stereocenters. The smallest absolute Gasteiger partial charge is 0.279 e. The molecule has 2 aromatic rings. The van der Waals surface area contributed by atoms with Crippen molar-refractivity contribution in [3.05, 3.63) is 48.0 Å². The topological polar surface area (TPSA) is 72.9 Å². The second-order valence-corrected chi connectivity index (χ2v) is 8.66. The summed E-state index contributed by atoms with van der Waals surface area (Å²) in [4.78, 5) is 2.17.